The van der Waals surface area contributed by atoms with Gasteiger partial charge in [0.2, 0.25) is 0 Å². The lowest BCUT2D eigenvalue weighted by molar-refractivity contribution is -0.113. The first-order valence-electron chi connectivity index (χ1n) is 9.54. The molecular weight excluding hydrogens is 370 g/mol. The largest absolute Gasteiger partial charge is 0.378 e. The summed E-state index contributed by atoms with van der Waals surface area (Å²) in [6, 6.07) is 16.1. The third-order valence-electron chi connectivity index (χ3n) is 5.04. The molecule has 1 N–H and O–H groups in total. The summed E-state index contributed by atoms with van der Waals surface area (Å²) >= 11 is 5.41. The van der Waals surface area contributed by atoms with Crippen LogP contribution in [0.5, 0.6) is 0 Å². The van der Waals surface area contributed by atoms with Crippen LogP contribution in [0.3, 0.4) is 0 Å². The number of nitrogens with zero attached hydrogens (tertiary/aromatic N) is 2. The Hall–Kier alpha value is -2.70. The first kappa shape index (κ1) is 18.7. The standard InChI is InChI=1S/C22H23N3O2S/c1-2-16-4-3-5-19(14-16)25-21(26)20(23-22(25)28)15-17-6-8-18(9-7-17)24-10-12-27-13-11-24/h3-9,14-15H,2,10-13H2,1H3,(H,23,28)/b20-15+. The number of amides is 1. The van der Waals surface area contributed by atoms with Gasteiger partial charge in [0, 0.05) is 18.8 Å². The highest BCUT2D eigenvalue weighted by atomic mass is 32.1. The average Bonchev–Trinajstić information content (AvgIpc) is 3.02. The second-order valence-electron chi connectivity index (χ2n) is 6.84. The number of hydrogen-bond donors (Lipinski definition) is 1. The topological polar surface area (TPSA) is 44.8 Å². The first-order valence-corrected chi connectivity index (χ1v) is 9.95. The van der Waals surface area contributed by atoms with Crippen molar-refractivity contribution in [2.75, 3.05) is 36.1 Å². The molecule has 2 aromatic carbocycles. The molecule has 5 nitrogen and oxygen atoms in total. The third-order valence-corrected chi connectivity index (χ3v) is 5.32. The van der Waals surface area contributed by atoms with Gasteiger partial charge >= 0.3 is 0 Å². The Morgan fingerprint density at radius 1 is 1.11 bits per heavy atom. The van der Waals surface area contributed by atoms with E-state index in [-0.39, 0.29) is 5.91 Å². The Kier molecular flexibility index (Phi) is 5.41. The fraction of sp³-hybridized carbons (Fsp3) is 0.273. The first-order chi connectivity index (χ1) is 13.7. The minimum atomic E-state index is -0.129. The lowest BCUT2D eigenvalue weighted by Crippen LogP contribution is -2.36. The van der Waals surface area contributed by atoms with Crippen LogP contribution >= 0.6 is 12.2 Å². The third kappa shape index (κ3) is 3.79. The molecule has 0 bridgehead atoms. The number of aryl methyl sites for hydroxylation is 1. The lowest BCUT2D eigenvalue weighted by atomic mass is 10.1. The summed E-state index contributed by atoms with van der Waals surface area (Å²) < 4.78 is 5.40. The maximum absolute atomic E-state index is 12.9. The molecule has 6 heteroatoms. The zero-order valence-electron chi connectivity index (χ0n) is 15.9. The fourth-order valence-corrected chi connectivity index (χ4v) is 3.75. The number of rotatable bonds is 4. The van der Waals surface area contributed by atoms with E-state index in [1.54, 1.807) is 4.90 Å². The quantitative estimate of drug-likeness (QED) is 0.638. The van der Waals surface area contributed by atoms with Crippen molar-refractivity contribution >= 4 is 40.7 Å². The van der Waals surface area contributed by atoms with Crippen molar-refractivity contribution in [2.24, 2.45) is 0 Å². The Morgan fingerprint density at radius 2 is 1.86 bits per heavy atom. The minimum absolute atomic E-state index is 0.129. The molecule has 2 fully saturated rings. The van der Waals surface area contributed by atoms with Crippen molar-refractivity contribution in [3.05, 3.63) is 65.4 Å². The van der Waals surface area contributed by atoms with Crippen LogP contribution in [0.2, 0.25) is 0 Å². The lowest BCUT2D eigenvalue weighted by Gasteiger charge is -2.28. The smallest absolute Gasteiger partial charge is 0.281 e. The minimum Gasteiger partial charge on any atom is -0.378 e. The molecule has 0 aromatic heterocycles. The molecule has 0 spiro atoms. The van der Waals surface area contributed by atoms with Crippen LogP contribution in [-0.2, 0) is 16.0 Å². The van der Waals surface area contributed by atoms with E-state index in [0.29, 0.717) is 10.8 Å². The van der Waals surface area contributed by atoms with Crippen LogP contribution < -0.4 is 15.1 Å². The Balaban J connectivity index is 1.53. The molecule has 0 unspecified atom stereocenters. The number of carbonyl (C=O) groups excluding carboxylic acids is 1. The molecule has 1 amide bonds. The number of nitrogens with one attached hydrogen (secondary N) is 1. The van der Waals surface area contributed by atoms with E-state index in [1.807, 2.05) is 42.5 Å². The summed E-state index contributed by atoms with van der Waals surface area (Å²) in [7, 11) is 0. The number of ether oxygens (including phenoxy) is 1. The molecule has 2 aliphatic heterocycles. The van der Waals surface area contributed by atoms with Crippen LogP contribution in [-0.4, -0.2) is 37.3 Å². The summed E-state index contributed by atoms with van der Waals surface area (Å²) in [5.74, 6) is -0.129. The molecule has 28 heavy (non-hydrogen) atoms. The zero-order chi connectivity index (χ0) is 19.5. The second kappa shape index (κ2) is 8.12. The van der Waals surface area contributed by atoms with Crippen LogP contribution in [0.15, 0.2) is 54.2 Å². The van der Waals surface area contributed by atoms with Gasteiger partial charge in [-0.2, -0.15) is 0 Å². The molecule has 2 heterocycles. The number of hydrogen-bond acceptors (Lipinski definition) is 4. The fourth-order valence-electron chi connectivity index (χ4n) is 3.45. The van der Waals surface area contributed by atoms with Crippen molar-refractivity contribution in [1.82, 2.24) is 5.32 Å². The van der Waals surface area contributed by atoms with E-state index < -0.39 is 0 Å². The van der Waals surface area contributed by atoms with Crippen LogP contribution in [0.1, 0.15) is 18.1 Å². The van der Waals surface area contributed by atoms with Crippen molar-refractivity contribution in [1.29, 1.82) is 0 Å². The summed E-state index contributed by atoms with van der Waals surface area (Å²) in [5.41, 5.74) is 4.59. The van der Waals surface area contributed by atoms with Crippen LogP contribution in [0.4, 0.5) is 11.4 Å². The molecule has 0 radical (unpaired) electrons. The van der Waals surface area contributed by atoms with Crippen molar-refractivity contribution in [2.45, 2.75) is 13.3 Å². The molecule has 0 atom stereocenters. The number of thiocarbonyl (C=S) groups is 1. The Morgan fingerprint density at radius 3 is 2.57 bits per heavy atom. The predicted molar refractivity (Wildman–Crippen MR) is 116 cm³/mol. The van der Waals surface area contributed by atoms with Gasteiger partial charge in [0.1, 0.15) is 5.70 Å². The van der Waals surface area contributed by atoms with Gasteiger partial charge in [-0.15, -0.1) is 0 Å². The number of carbonyl (C=O) groups is 1. The Labute approximate surface area is 170 Å². The van der Waals surface area contributed by atoms with Gasteiger partial charge in [-0.1, -0.05) is 31.2 Å². The monoisotopic (exact) mass is 393 g/mol. The molecule has 4 rings (SSSR count). The van der Waals surface area contributed by atoms with Crippen molar-refractivity contribution in [3.8, 4) is 0 Å². The highest BCUT2D eigenvalue weighted by Gasteiger charge is 2.32. The zero-order valence-corrected chi connectivity index (χ0v) is 16.7. The maximum atomic E-state index is 12.9. The molecule has 144 valence electrons. The van der Waals surface area contributed by atoms with E-state index in [1.165, 1.54) is 11.3 Å². The number of anilines is 2. The molecule has 2 saturated heterocycles. The summed E-state index contributed by atoms with van der Waals surface area (Å²) in [6.45, 7) is 5.42. The average molecular weight is 394 g/mol. The molecule has 0 saturated carbocycles. The van der Waals surface area contributed by atoms with Gasteiger partial charge in [0.25, 0.3) is 5.91 Å². The Bertz CT molecular complexity index is 918. The van der Waals surface area contributed by atoms with Crippen molar-refractivity contribution < 1.29 is 9.53 Å². The van der Waals surface area contributed by atoms with Crippen molar-refractivity contribution in [3.63, 3.8) is 0 Å². The van der Waals surface area contributed by atoms with Crippen LogP contribution in [0, 0.1) is 0 Å². The van der Waals surface area contributed by atoms with E-state index in [4.69, 9.17) is 17.0 Å². The summed E-state index contributed by atoms with van der Waals surface area (Å²) in [5, 5.41) is 3.47. The molecule has 0 aliphatic carbocycles. The van der Waals surface area contributed by atoms with E-state index in [9.17, 15) is 4.79 Å². The van der Waals surface area contributed by atoms with Gasteiger partial charge < -0.3 is 15.0 Å². The molecule has 2 aliphatic rings. The van der Waals surface area contributed by atoms with E-state index >= 15 is 0 Å². The van der Waals surface area contributed by atoms with Gasteiger partial charge in [-0.3, -0.25) is 9.69 Å². The van der Waals surface area contributed by atoms with Gasteiger partial charge in [-0.05, 0) is 60.1 Å². The summed E-state index contributed by atoms with van der Waals surface area (Å²) in [4.78, 5) is 16.8. The van der Waals surface area contributed by atoms with Gasteiger partial charge in [0.05, 0.1) is 18.9 Å². The molecule has 2 aromatic rings. The summed E-state index contributed by atoms with van der Waals surface area (Å²) in [6.07, 6.45) is 2.76. The highest BCUT2D eigenvalue weighted by Crippen LogP contribution is 2.24. The van der Waals surface area contributed by atoms with E-state index in [2.05, 4.69) is 29.3 Å². The highest BCUT2D eigenvalue weighted by molar-refractivity contribution is 7.80. The van der Waals surface area contributed by atoms with Gasteiger partial charge in [0.15, 0.2) is 5.11 Å². The normalized spacial score (nSPS) is 18.7. The van der Waals surface area contributed by atoms with E-state index in [0.717, 1.165) is 44.0 Å². The maximum Gasteiger partial charge on any atom is 0.281 e. The van der Waals surface area contributed by atoms with Gasteiger partial charge in [-0.25, -0.2) is 0 Å². The molecular formula is C22H23N3O2S. The SMILES string of the molecule is CCc1cccc(N2C(=O)/C(=C\c3ccc(N4CCOCC4)cc3)NC2=S)c1. The number of morpholine rings is 1. The van der Waals surface area contributed by atoms with Crippen LogP contribution in [0.25, 0.3) is 6.08 Å². The second-order valence-corrected chi connectivity index (χ2v) is 7.23. The number of benzene rings is 2. The predicted octanol–water partition coefficient (Wildman–Crippen LogP) is 3.35.